The summed E-state index contributed by atoms with van der Waals surface area (Å²) in [5.74, 6) is 0.717. The van der Waals surface area contributed by atoms with Crippen LogP contribution in [-0.2, 0) is 7.05 Å². The van der Waals surface area contributed by atoms with E-state index in [2.05, 4.69) is 16.1 Å². The third kappa shape index (κ3) is 2.95. The van der Waals surface area contributed by atoms with Crippen LogP contribution >= 0.6 is 0 Å². The van der Waals surface area contributed by atoms with Crippen LogP contribution in [0.4, 0.5) is 0 Å². The zero-order chi connectivity index (χ0) is 18.6. The van der Waals surface area contributed by atoms with E-state index < -0.39 is 0 Å². The molecular weight excluding hydrogens is 336 g/mol. The second-order valence-corrected chi connectivity index (χ2v) is 9.13. The Labute approximate surface area is 161 Å². The zero-order valence-corrected chi connectivity index (χ0v) is 16.6. The van der Waals surface area contributed by atoms with E-state index in [-0.39, 0.29) is 5.91 Å². The summed E-state index contributed by atoms with van der Waals surface area (Å²) in [6, 6.07) is 2.07. The van der Waals surface area contributed by atoms with Gasteiger partial charge in [0.05, 0.1) is 16.6 Å². The van der Waals surface area contributed by atoms with Crippen molar-refractivity contribution in [2.75, 3.05) is 13.1 Å². The molecule has 144 valence electrons. The van der Waals surface area contributed by atoms with Crippen LogP contribution in [0, 0.1) is 12.3 Å². The molecule has 0 radical (unpaired) electrons. The molecule has 5 heteroatoms. The Morgan fingerprint density at radius 3 is 2.48 bits per heavy atom. The maximum atomic E-state index is 13.5. The van der Waals surface area contributed by atoms with Gasteiger partial charge in [0.25, 0.3) is 5.91 Å². The lowest BCUT2D eigenvalue weighted by atomic mass is 9.68. The Bertz CT molecular complexity index is 879. The van der Waals surface area contributed by atoms with Crippen molar-refractivity contribution in [3.63, 3.8) is 0 Å². The van der Waals surface area contributed by atoms with Crippen LogP contribution in [-0.4, -0.2) is 38.7 Å². The predicted molar refractivity (Wildman–Crippen MR) is 106 cm³/mol. The van der Waals surface area contributed by atoms with Crippen LogP contribution in [0.15, 0.2) is 6.07 Å². The van der Waals surface area contributed by atoms with Crippen molar-refractivity contribution in [1.29, 1.82) is 0 Å². The number of likely N-dealkylation sites (tertiary alicyclic amines) is 1. The monoisotopic (exact) mass is 366 g/mol. The second-order valence-electron chi connectivity index (χ2n) is 9.13. The number of hydrogen-bond donors (Lipinski definition) is 0. The smallest absolute Gasteiger partial charge is 0.254 e. The predicted octanol–water partition coefficient (Wildman–Crippen LogP) is 4.34. The minimum absolute atomic E-state index is 0.186. The van der Waals surface area contributed by atoms with Crippen LogP contribution in [0.2, 0.25) is 0 Å². The molecule has 0 unspecified atom stereocenters. The van der Waals surface area contributed by atoms with E-state index in [1.807, 2.05) is 18.7 Å². The summed E-state index contributed by atoms with van der Waals surface area (Å²) in [5, 5.41) is 5.50. The normalized spacial score (nSPS) is 22.5. The Hall–Kier alpha value is -1.91. The minimum Gasteiger partial charge on any atom is -0.339 e. The highest BCUT2D eigenvalue weighted by Gasteiger charge is 2.37. The molecule has 0 N–H and O–H groups in total. The van der Waals surface area contributed by atoms with Crippen molar-refractivity contribution in [3.05, 3.63) is 23.0 Å². The molecule has 3 fully saturated rings. The fraction of sp³-hybridized carbons (Fsp3) is 0.682. The molecule has 1 aliphatic heterocycles. The lowest BCUT2D eigenvalue weighted by Crippen LogP contribution is -2.44. The minimum atomic E-state index is 0.186. The van der Waals surface area contributed by atoms with Gasteiger partial charge in [-0.1, -0.05) is 19.3 Å². The van der Waals surface area contributed by atoms with E-state index in [4.69, 9.17) is 4.98 Å². The van der Waals surface area contributed by atoms with Gasteiger partial charge in [-0.15, -0.1) is 0 Å². The first-order valence-corrected chi connectivity index (χ1v) is 10.7. The SMILES string of the molecule is Cc1nn(C)c2nc(C3CC3)cc(C(=O)N3CCC4(CCCCC4)CC3)c12. The van der Waals surface area contributed by atoms with E-state index in [0.29, 0.717) is 11.3 Å². The summed E-state index contributed by atoms with van der Waals surface area (Å²) in [6.45, 7) is 3.80. The van der Waals surface area contributed by atoms with Gasteiger partial charge in [0.2, 0.25) is 0 Å². The van der Waals surface area contributed by atoms with Gasteiger partial charge >= 0.3 is 0 Å². The van der Waals surface area contributed by atoms with Gasteiger partial charge < -0.3 is 4.90 Å². The first-order chi connectivity index (χ1) is 13.1. The molecule has 27 heavy (non-hydrogen) atoms. The molecule has 0 atom stereocenters. The first-order valence-electron chi connectivity index (χ1n) is 10.7. The van der Waals surface area contributed by atoms with Gasteiger partial charge in [-0.3, -0.25) is 9.48 Å². The Morgan fingerprint density at radius 1 is 1.11 bits per heavy atom. The quantitative estimate of drug-likeness (QED) is 0.794. The highest BCUT2D eigenvalue weighted by molar-refractivity contribution is 6.06. The van der Waals surface area contributed by atoms with Crippen molar-refractivity contribution in [1.82, 2.24) is 19.7 Å². The molecule has 2 aliphatic carbocycles. The van der Waals surface area contributed by atoms with Crippen molar-refractivity contribution in [3.8, 4) is 0 Å². The highest BCUT2D eigenvalue weighted by atomic mass is 16.2. The number of aryl methyl sites for hydroxylation is 2. The molecule has 2 aromatic rings. The summed E-state index contributed by atoms with van der Waals surface area (Å²) in [4.78, 5) is 20.4. The largest absolute Gasteiger partial charge is 0.339 e. The molecule has 3 aliphatic rings. The topological polar surface area (TPSA) is 51.0 Å². The van der Waals surface area contributed by atoms with Crippen molar-refractivity contribution in [2.24, 2.45) is 12.5 Å². The molecule has 2 aromatic heterocycles. The maximum Gasteiger partial charge on any atom is 0.254 e. The third-order valence-corrected chi connectivity index (χ3v) is 7.24. The molecule has 0 bridgehead atoms. The summed E-state index contributed by atoms with van der Waals surface area (Å²) >= 11 is 0. The number of hydrogen-bond acceptors (Lipinski definition) is 3. The fourth-order valence-electron chi connectivity index (χ4n) is 5.38. The summed E-state index contributed by atoms with van der Waals surface area (Å²) in [6.07, 6.45) is 11.6. The lowest BCUT2D eigenvalue weighted by molar-refractivity contribution is 0.0473. The molecule has 1 amide bonds. The van der Waals surface area contributed by atoms with Crippen LogP contribution in [0.3, 0.4) is 0 Å². The van der Waals surface area contributed by atoms with E-state index in [1.165, 1.54) is 57.8 Å². The molecule has 3 heterocycles. The van der Waals surface area contributed by atoms with Crippen LogP contribution in [0.5, 0.6) is 0 Å². The van der Waals surface area contributed by atoms with Gasteiger partial charge in [-0.2, -0.15) is 5.10 Å². The molecule has 1 saturated heterocycles. The highest BCUT2D eigenvalue weighted by Crippen LogP contribution is 2.45. The van der Waals surface area contributed by atoms with Gasteiger partial charge in [0, 0.05) is 31.7 Å². The number of nitrogens with zero attached hydrogens (tertiary/aromatic N) is 4. The van der Waals surface area contributed by atoms with Gasteiger partial charge in [0.15, 0.2) is 5.65 Å². The van der Waals surface area contributed by atoms with E-state index in [0.717, 1.165) is 41.1 Å². The lowest BCUT2D eigenvalue weighted by Gasteiger charge is -2.44. The number of carbonyl (C=O) groups excluding carboxylic acids is 1. The van der Waals surface area contributed by atoms with Crippen molar-refractivity contribution >= 4 is 16.9 Å². The third-order valence-electron chi connectivity index (χ3n) is 7.24. The van der Waals surface area contributed by atoms with Crippen molar-refractivity contribution in [2.45, 2.75) is 70.6 Å². The molecular formula is C22H30N4O. The first kappa shape index (κ1) is 17.2. The van der Waals surface area contributed by atoms with Gasteiger partial charge in [-0.25, -0.2) is 4.98 Å². The number of piperidine rings is 1. The number of fused-ring (bicyclic) bond motifs is 1. The van der Waals surface area contributed by atoms with E-state index >= 15 is 0 Å². The number of aromatic nitrogens is 3. The van der Waals surface area contributed by atoms with Crippen LogP contribution in [0.1, 0.15) is 85.5 Å². The molecule has 5 rings (SSSR count). The molecule has 5 nitrogen and oxygen atoms in total. The number of rotatable bonds is 2. The molecule has 1 spiro atoms. The fourth-order valence-corrected chi connectivity index (χ4v) is 5.38. The Balaban J connectivity index is 1.45. The van der Waals surface area contributed by atoms with E-state index in [1.54, 1.807) is 0 Å². The number of amides is 1. The summed E-state index contributed by atoms with van der Waals surface area (Å²) in [7, 11) is 1.93. The molecule has 0 aromatic carbocycles. The van der Waals surface area contributed by atoms with Crippen LogP contribution < -0.4 is 0 Å². The van der Waals surface area contributed by atoms with Gasteiger partial charge in [0.1, 0.15) is 0 Å². The maximum absolute atomic E-state index is 13.5. The number of carbonyl (C=O) groups is 1. The van der Waals surface area contributed by atoms with Crippen molar-refractivity contribution < 1.29 is 4.79 Å². The average molecular weight is 367 g/mol. The number of pyridine rings is 1. The standard InChI is InChI=1S/C22H30N4O/c1-15-19-17(14-18(16-6-7-16)23-20(19)25(2)24-15)21(27)26-12-10-22(11-13-26)8-4-3-5-9-22/h14,16H,3-13H2,1-2H3. The zero-order valence-electron chi connectivity index (χ0n) is 16.6. The second kappa shape index (κ2) is 6.32. The Kier molecular flexibility index (Phi) is 4.03. The summed E-state index contributed by atoms with van der Waals surface area (Å²) < 4.78 is 1.83. The molecule has 2 saturated carbocycles. The van der Waals surface area contributed by atoms with Crippen LogP contribution in [0.25, 0.3) is 11.0 Å². The summed E-state index contributed by atoms with van der Waals surface area (Å²) in [5.41, 5.74) is 4.19. The average Bonchev–Trinajstić information content (AvgIpc) is 3.49. The Morgan fingerprint density at radius 2 is 1.81 bits per heavy atom. The van der Waals surface area contributed by atoms with E-state index in [9.17, 15) is 4.79 Å². The van der Waals surface area contributed by atoms with Gasteiger partial charge in [-0.05, 0) is 56.9 Å².